The minimum atomic E-state index is 0. The molecule has 0 aromatic carbocycles. The molecule has 2 aliphatic rings. The third kappa shape index (κ3) is 6.99. The molecule has 1 amide bonds. The zero-order valence-electron chi connectivity index (χ0n) is 14.6. The normalized spacial score (nSPS) is 31.0. The van der Waals surface area contributed by atoms with E-state index in [9.17, 15) is 4.79 Å². The third-order valence-corrected chi connectivity index (χ3v) is 6.19. The van der Waals surface area contributed by atoms with E-state index >= 15 is 0 Å². The second-order valence-corrected chi connectivity index (χ2v) is 8.18. The van der Waals surface area contributed by atoms with Crippen LogP contribution in [-0.4, -0.2) is 61.1 Å². The van der Waals surface area contributed by atoms with Crippen LogP contribution in [0.4, 0.5) is 0 Å². The van der Waals surface area contributed by atoms with Gasteiger partial charge in [0, 0.05) is 42.6 Å². The zero-order valence-corrected chi connectivity index (χ0v) is 17.0. The number of nitrogens with zero attached hydrogens (tertiary/aromatic N) is 1. The first-order valence-corrected chi connectivity index (χ1v) is 9.42. The molecule has 1 aliphatic heterocycles. The Morgan fingerprint density at radius 3 is 2.70 bits per heavy atom. The van der Waals surface area contributed by atoms with E-state index in [0.29, 0.717) is 12.5 Å². The lowest BCUT2D eigenvalue weighted by molar-refractivity contribution is -0.122. The largest absolute Gasteiger partial charge is 0.354 e. The summed E-state index contributed by atoms with van der Waals surface area (Å²) in [5, 5.41) is 6.65. The highest BCUT2D eigenvalue weighted by molar-refractivity contribution is 7.99. The van der Waals surface area contributed by atoms with Crippen molar-refractivity contribution in [1.82, 2.24) is 15.5 Å². The average molecular weight is 386 g/mol. The summed E-state index contributed by atoms with van der Waals surface area (Å²) in [7, 11) is 4.31. The number of hydrogen-bond acceptors (Lipinski definition) is 4. The molecule has 23 heavy (non-hydrogen) atoms. The van der Waals surface area contributed by atoms with E-state index in [1.165, 1.54) is 31.4 Å². The Morgan fingerprint density at radius 2 is 2.13 bits per heavy atom. The lowest BCUT2D eigenvalue weighted by Crippen LogP contribution is -2.55. The van der Waals surface area contributed by atoms with E-state index in [1.807, 2.05) is 11.8 Å². The van der Waals surface area contributed by atoms with Gasteiger partial charge in [-0.25, -0.2) is 0 Å². The number of carbonyl (C=O) groups is 1. The van der Waals surface area contributed by atoms with Gasteiger partial charge in [-0.1, -0.05) is 19.8 Å². The van der Waals surface area contributed by atoms with E-state index < -0.39 is 0 Å². The number of thioether (sulfide) groups is 1. The van der Waals surface area contributed by atoms with Crippen LogP contribution in [0.15, 0.2) is 0 Å². The molecule has 0 aromatic rings. The molecule has 2 fully saturated rings. The smallest absolute Gasteiger partial charge is 0.221 e. The zero-order chi connectivity index (χ0) is 15.3. The molecule has 2 rings (SSSR count). The monoisotopic (exact) mass is 385 g/mol. The lowest BCUT2D eigenvalue weighted by atomic mass is 9.75. The highest BCUT2D eigenvalue weighted by Gasteiger charge is 2.37. The fourth-order valence-electron chi connectivity index (χ4n) is 3.67. The highest BCUT2D eigenvalue weighted by Crippen LogP contribution is 2.35. The Labute approximate surface area is 158 Å². The molecule has 1 saturated heterocycles. The number of hydrogen-bond donors (Lipinski definition) is 2. The first-order valence-electron chi connectivity index (χ1n) is 8.27. The van der Waals surface area contributed by atoms with Crippen molar-refractivity contribution in [3.05, 3.63) is 0 Å². The molecule has 138 valence electrons. The second kappa shape index (κ2) is 11.0. The van der Waals surface area contributed by atoms with Crippen molar-refractivity contribution >= 4 is 42.5 Å². The van der Waals surface area contributed by atoms with Gasteiger partial charge in [0.05, 0.1) is 0 Å². The topological polar surface area (TPSA) is 44.4 Å². The first-order chi connectivity index (χ1) is 10.0. The number of nitrogens with one attached hydrogen (secondary N) is 2. The van der Waals surface area contributed by atoms with Crippen molar-refractivity contribution in [2.24, 2.45) is 5.92 Å². The molecule has 4 nitrogen and oxygen atoms in total. The van der Waals surface area contributed by atoms with Gasteiger partial charge in [-0.3, -0.25) is 4.79 Å². The fourth-order valence-corrected chi connectivity index (χ4v) is 4.62. The molecule has 7 heteroatoms. The molecule has 2 N–H and O–H groups in total. The number of amides is 1. The van der Waals surface area contributed by atoms with Gasteiger partial charge in [0.15, 0.2) is 0 Å². The Hall–Kier alpha value is 0.320. The van der Waals surface area contributed by atoms with E-state index in [0.717, 1.165) is 24.8 Å². The van der Waals surface area contributed by atoms with E-state index in [1.54, 1.807) is 0 Å². The predicted octanol–water partition coefficient (Wildman–Crippen LogP) is 2.55. The maximum absolute atomic E-state index is 12.2. The van der Waals surface area contributed by atoms with Crippen LogP contribution in [-0.2, 0) is 4.79 Å². The SMILES string of the molecule is CC1CCCC(CNC(=O)CC2CSCCN2)(N(C)C)C1.Cl.Cl. The van der Waals surface area contributed by atoms with Crippen molar-refractivity contribution in [3.8, 4) is 0 Å². The lowest BCUT2D eigenvalue weighted by Gasteiger charge is -2.45. The Morgan fingerprint density at radius 1 is 1.39 bits per heavy atom. The summed E-state index contributed by atoms with van der Waals surface area (Å²) in [6.45, 7) is 4.16. The maximum Gasteiger partial charge on any atom is 0.221 e. The molecule has 0 bridgehead atoms. The average Bonchev–Trinajstić information content (AvgIpc) is 2.46. The van der Waals surface area contributed by atoms with Crippen molar-refractivity contribution in [2.45, 2.75) is 50.6 Å². The van der Waals surface area contributed by atoms with Crippen molar-refractivity contribution in [2.75, 3.05) is 38.7 Å². The number of carbonyl (C=O) groups excluding carboxylic acids is 1. The molecule has 0 spiro atoms. The van der Waals surface area contributed by atoms with Gasteiger partial charge < -0.3 is 15.5 Å². The van der Waals surface area contributed by atoms with Crippen LogP contribution in [0.5, 0.6) is 0 Å². The number of rotatable bonds is 5. The summed E-state index contributed by atoms with van der Waals surface area (Å²) < 4.78 is 0. The summed E-state index contributed by atoms with van der Waals surface area (Å²) in [4.78, 5) is 14.6. The van der Waals surface area contributed by atoms with Crippen molar-refractivity contribution < 1.29 is 4.79 Å². The quantitative estimate of drug-likeness (QED) is 0.762. The third-order valence-electron chi connectivity index (χ3n) is 5.06. The van der Waals surface area contributed by atoms with Gasteiger partial charge >= 0.3 is 0 Å². The highest BCUT2D eigenvalue weighted by atomic mass is 35.5. The second-order valence-electron chi connectivity index (χ2n) is 7.03. The van der Waals surface area contributed by atoms with Gasteiger partial charge in [-0.15, -0.1) is 24.8 Å². The number of likely N-dealkylation sites (N-methyl/N-ethyl adjacent to an activating group) is 1. The van der Waals surface area contributed by atoms with Crippen LogP contribution in [0, 0.1) is 5.92 Å². The molecule has 3 atom stereocenters. The molecule has 3 unspecified atom stereocenters. The van der Waals surface area contributed by atoms with Gasteiger partial charge in [-0.2, -0.15) is 11.8 Å². The summed E-state index contributed by atoms with van der Waals surface area (Å²) >= 11 is 1.94. The van der Waals surface area contributed by atoms with E-state index in [2.05, 4.69) is 36.6 Å². The summed E-state index contributed by atoms with van der Waals surface area (Å²) in [5.41, 5.74) is 0.155. The summed E-state index contributed by atoms with van der Waals surface area (Å²) in [5.74, 6) is 3.19. The molecule has 1 saturated carbocycles. The Bertz CT molecular complexity index is 354. The van der Waals surface area contributed by atoms with Crippen LogP contribution in [0.2, 0.25) is 0 Å². The molecule has 0 aromatic heterocycles. The standard InChI is InChI=1S/C16H31N3OS.2ClH/c1-13-5-4-6-16(10-13,19(2)3)12-18-15(20)9-14-11-21-8-7-17-14;;/h13-14,17H,4-12H2,1-3H3,(H,18,20);2*1H. The predicted molar refractivity (Wildman–Crippen MR) is 105 cm³/mol. The molecule has 1 heterocycles. The van der Waals surface area contributed by atoms with E-state index in [4.69, 9.17) is 0 Å². The van der Waals surface area contributed by atoms with Crippen LogP contribution in [0.1, 0.15) is 39.0 Å². The molecule has 1 aliphatic carbocycles. The van der Waals surface area contributed by atoms with Crippen molar-refractivity contribution in [3.63, 3.8) is 0 Å². The molecular weight excluding hydrogens is 353 g/mol. The molecular formula is C16H33Cl2N3OS. The van der Waals surface area contributed by atoms with Gasteiger partial charge in [0.25, 0.3) is 0 Å². The number of halogens is 2. The Kier molecular flexibility index (Phi) is 11.2. The van der Waals surface area contributed by atoms with Crippen LogP contribution >= 0.6 is 36.6 Å². The first kappa shape index (κ1) is 23.3. The Balaban J connectivity index is 0.00000242. The summed E-state index contributed by atoms with van der Waals surface area (Å²) in [6, 6.07) is 0.351. The fraction of sp³-hybridized carbons (Fsp3) is 0.938. The molecule has 0 radical (unpaired) electrons. The van der Waals surface area contributed by atoms with Gasteiger partial charge in [0.2, 0.25) is 5.91 Å². The van der Waals surface area contributed by atoms with Crippen molar-refractivity contribution in [1.29, 1.82) is 0 Å². The minimum Gasteiger partial charge on any atom is -0.354 e. The van der Waals surface area contributed by atoms with E-state index in [-0.39, 0.29) is 36.3 Å². The summed E-state index contributed by atoms with van der Waals surface area (Å²) in [6.07, 6.45) is 5.61. The minimum absolute atomic E-state index is 0. The van der Waals surface area contributed by atoms with Crippen LogP contribution in [0.25, 0.3) is 0 Å². The van der Waals surface area contributed by atoms with Crippen LogP contribution in [0.3, 0.4) is 0 Å². The van der Waals surface area contributed by atoms with Gasteiger partial charge in [0.1, 0.15) is 0 Å². The van der Waals surface area contributed by atoms with Gasteiger partial charge in [-0.05, 0) is 32.9 Å². The van der Waals surface area contributed by atoms with Crippen LogP contribution < -0.4 is 10.6 Å². The maximum atomic E-state index is 12.2.